The van der Waals surface area contributed by atoms with Gasteiger partial charge in [-0.2, -0.15) is 0 Å². The third-order valence-electron chi connectivity index (χ3n) is 4.88. The van der Waals surface area contributed by atoms with Crippen molar-refractivity contribution in [3.05, 3.63) is 0 Å². The van der Waals surface area contributed by atoms with E-state index in [1.54, 1.807) is 0 Å². The molecule has 2 atom stereocenters. The summed E-state index contributed by atoms with van der Waals surface area (Å²) in [6.45, 7) is 3.25. The van der Waals surface area contributed by atoms with E-state index < -0.39 is 0 Å². The van der Waals surface area contributed by atoms with Gasteiger partial charge in [-0.15, -0.1) is 24.8 Å². The summed E-state index contributed by atoms with van der Waals surface area (Å²) >= 11 is 0. The predicted octanol–water partition coefficient (Wildman–Crippen LogP) is 2.20. The number of nitrogens with two attached hydrogens (primary N) is 1. The van der Waals surface area contributed by atoms with Crippen LogP contribution in [-0.2, 0) is 4.79 Å². The molecule has 1 aliphatic carbocycles. The highest BCUT2D eigenvalue weighted by molar-refractivity contribution is 5.85. The molecule has 0 aromatic rings. The molecule has 1 saturated heterocycles. The van der Waals surface area contributed by atoms with Gasteiger partial charge in [0.1, 0.15) is 0 Å². The Morgan fingerprint density at radius 3 is 2.43 bits per heavy atom. The van der Waals surface area contributed by atoms with Gasteiger partial charge in [0.05, 0.1) is 0 Å². The van der Waals surface area contributed by atoms with E-state index in [-0.39, 0.29) is 36.8 Å². The molecule has 1 saturated carbocycles. The van der Waals surface area contributed by atoms with Crippen molar-refractivity contribution in [2.45, 2.75) is 51.0 Å². The van der Waals surface area contributed by atoms with Crippen LogP contribution in [0.3, 0.4) is 0 Å². The number of carbonyl (C=O) groups excluding carboxylic acids is 1. The van der Waals surface area contributed by atoms with Gasteiger partial charge in [-0.1, -0.05) is 6.42 Å². The molecular weight excluding hydrogens is 309 g/mol. The minimum absolute atomic E-state index is 0. The minimum atomic E-state index is 0. The van der Waals surface area contributed by atoms with Crippen LogP contribution in [0.4, 0.5) is 0 Å². The topological polar surface area (TPSA) is 58.4 Å². The third kappa shape index (κ3) is 7.18. The van der Waals surface area contributed by atoms with Crippen molar-refractivity contribution in [3.8, 4) is 0 Å². The lowest BCUT2D eigenvalue weighted by molar-refractivity contribution is -0.122. The van der Waals surface area contributed by atoms with E-state index in [9.17, 15) is 4.79 Å². The number of hydrogen-bond acceptors (Lipinski definition) is 3. The van der Waals surface area contributed by atoms with Crippen LogP contribution in [0.5, 0.6) is 0 Å². The zero-order valence-corrected chi connectivity index (χ0v) is 14.7. The van der Waals surface area contributed by atoms with Crippen LogP contribution in [0.1, 0.15) is 44.9 Å². The first-order chi connectivity index (χ1) is 9.15. The van der Waals surface area contributed by atoms with Crippen molar-refractivity contribution >= 4 is 30.7 Å². The summed E-state index contributed by atoms with van der Waals surface area (Å²) in [6, 6.07) is 0.250. The highest BCUT2D eigenvalue weighted by Crippen LogP contribution is 2.26. The van der Waals surface area contributed by atoms with Gasteiger partial charge < -0.3 is 16.0 Å². The van der Waals surface area contributed by atoms with E-state index in [2.05, 4.69) is 17.3 Å². The predicted molar refractivity (Wildman–Crippen MR) is 92.3 cm³/mol. The van der Waals surface area contributed by atoms with Gasteiger partial charge in [0.25, 0.3) is 0 Å². The maximum absolute atomic E-state index is 11.9. The van der Waals surface area contributed by atoms with Gasteiger partial charge in [0, 0.05) is 19.0 Å². The Bertz CT molecular complexity index is 297. The first-order valence-electron chi connectivity index (χ1n) is 7.86. The lowest BCUT2D eigenvalue weighted by atomic mass is 9.94. The molecule has 6 heteroatoms. The molecule has 0 unspecified atom stereocenters. The molecule has 4 nitrogen and oxygen atoms in total. The van der Waals surface area contributed by atoms with Crippen molar-refractivity contribution in [3.63, 3.8) is 0 Å². The van der Waals surface area contributed by atoms with Crippen LogP contribution in [0.2, 0.25) is 0 Å². The monoisotopic (exact) mass is 339 g/mol. The SMILES string of the molecule is CN1CCC(CCNC(=O)C[C@@H]2CCC[C@H]2N)CC1.Cl.Cl. The number of nitrogens with one attached hydrogen (secondary N) is 1. The number of hydrogen-bond donors (Lipinski definition) is 2. The molecule has 0 radical (unpaired) electrons. The summed E-state index contributed by atoms with van der Waals surface area (Å²) in [5.74, 6) is 1.42. The molecule has 1 aliphatic heterocycles. The van der Waals surface area contributed by atoms with Gasteiger partial charge in [-0.25, -0.2) is 0 Å². The summed E-state index contributed by atoms with van der Waals surface area (Å²) in [4.78, 5) is 14.2. The number of halogens is 2. The Morgan fingerprint density at radius 1 is 1.19 bits per heavy atom. The standard InChI is InChI=1S/C15H29N3O.2ClH/c1-18-9-6-12(7-10-18)5-8-17-15(19)11-13-3-2-4-14(13)16;;/h12-14H,2-11,16H2,1H3,(H,17,19);2*1H/t13-,14+;;/m0../s1. The second-order valence-electron chi connectivity index (χ2n) is 6.44. The fourth-order valence-electron chi connectivity index (χ4n) is 3.40. The Morgan fingerprint density at radius 2 is 1.86 bits per heavy atom. The van der Waals surface area contributed by atoms with Crippen LogP contribution in [-0.4, -0.2) is 43.5 Å². The molecule has 0 bridgehead atoms. The molecule has 1 heterocycles. The fraction of sp³-hybridized carbons (Fsp3) is 0.933. The molecule has 2 rings (SSSR count). The Hall–Kier alpha value is -0.0300. The molecule has 0 aromatic heterocycles. The van der Waals surface area contributed by atoms with E-state index in [4.69, 9.17) is 5.73 Å². The fourth-order valence-corrected chi connectivity index (χ4v) is 3.40. The molecule has 1 amide bonds. The van der Waals surface area contributed by atoms with Crippen LogP contribution in [0.15, 0.2) is 0 Å². The summed E-state index contributed by atoms with van der Waals surface area (Å²) in [6.07, 6.45) is 7.73. The van der Waals surface area contributed by atoms with E-state index in [0.717, 1.165) is 31.7 Å². The van der Waals surface area contributed by atoms with Crippen molar-refractivity contribution in [2.24, 2.45) is 17.6 Å². The van der Waals surface area contributed by atoms with E-state index in [1.165, 1.54) is 32.4 Å². The van der Waals surface area contributed by atoms with E-state index in [0.29, 0.717) is 12.3 Å². The largest absolute Gasteiger partial charge is 0.356 e. The number of amides is 1. The molecule has 126 valence electrons. The second kappa shape index (κ2) is 10.7. The average Bonchev–Trinajstić information content (AvgIpc) is 2.78. The van der Waals surface area contributed by atoms with Crippen molar-refractivity contribution < 1.29 is 4.79 Å². The van der Waals surface area contributed by atoms with Crippen LogP contribution in [0, 0.1) is 11.8 Å². The molecule has 0 spiro atoms. The molecule has 3 N–H and O–H groups in total. The van der Waals surface area contributed by atoms with Crippen LogP contribution in [0.25, 0.3) is 0 Å². The number of nitrogens with zero attached hydrogens (tertiary/aromatic N) is 1. The zero-order valence-electron chi connectivity index (χ0n) is 13.1. The van der Waals surface area contributed by atoms with Crippen LogP contribution >= 0.6 is 24.8 Å². The normalized spacial score (nSPS) is 26.8. The number of likely N-dealkylation sites (tertiary alicyclic amines) is 1. The summed E-state index contributed by atoms with van der Waals surface area (Å²) < 4.78 is 0. The maximum Gasteiger partial charge on any atom is 0.220 e. The van der Waals surface area contributed by atoms with Crippen LogP contribution < -0.4 is 11.1 Å². The highest BCUT2D eigenvalue weighted by Gasteiger charge is 2.26. The minimum Gasteiger partial charge on any atom is -0.356 e. The highest BCUT2D eigenvalue weighted by atomic mass is 35.5. The summed E-state index contributed by atoms with van der Waals surface area (Å²) in [5.41, 5.74) is 6.00. The molecule has 0 aromatic carbocycles. The van der Waals surface area contributed by atoms with Crippen molar-refractivity contribution in [2.75, 3.05) is 26.7 Å². The van der Waals surface area contributed by atoms with Gasteiger partial charge in [0.2, 0.25) is 5.91 Å². The number of piperidine rings is 1. The van der Waals surface area contributed by atoms with E-state index in [1.807, 2.05) is 0 Å². The summed E-state index contributed by atoms with van der Waals surface area (Å²) in [5, 5.41) is 3.08. The average molecular weight is 340 g/mol. The van der Waals surface area contributed by atoms with Gasteiger partial charge in [-0.3, -0.25) is 4.79 Å². The zero-order chi connectivity index (χ0) is 13.7. The maximum atomic E-state index is 11.9. The first kappa shape index (κ1) is 21.0. The Kier molecular flexibility index (Phi) is 10.6. The molecule has 2 fully saturated rings. The summed E-state index contributed by atoms with van der Waals surface area (Å²) in [7, 11) is 2.18. The quantitative estimate of drug-likeness (QED) is 0.807. The van der Waals surface area contributed by atoms with Crippen molar-refractivity contribution in [1.29, 1.82) is 0 Å². The second-order valence-corrected chi connectivity index (χ2v) is 6.44. The Balaban J connectivity index is 0.00000200. The van der Waals surface area contributed by atoms with Gasteiger partial charge in [-0.05, 0) is 64.1 Å². The molecule has 2 aliphatic rings. The van der Waals surface area contributed by atoms with Gasteiger partial charge >= 0.3 is 0 Å². The smallest absolute Gasteiger partial charge is 0.220 e. The lowest BCUT2D eigenvalue weighted by Gasteiger charge is -2.28. The number of carbonyl (C=O) groups is 1. The van der Waals surface area contributed by atoms with Gasteiger partial charge in [0.15, 0.2) is 0 Å². The third-order valence-corrected chi connectivity index (χ3v) is 4.88. The van der Waals surface area contributed by atoms with Crippen molar-refractivity contribution in [1.82, 2.24) is 10.2 Å². The molecular formula is C15H31Cl2N3O. The molecule has 21 heavy (non-hydrogen) atoms. The lowest BCUT2D eigenvalue weighted by Crippen LogP contribution is -2.34. The first-order valence-corrected chi connectivity index (χ1v) is 7.86. The van der Waals surface area contributed by atoms with E-state index >= 15 is 0 Å². The Labute approximate surface area is 141 Å². The number of rotatable bonds is 5.